The van der Waals surface area contributed by atoms with Crippen molar-refractivity contribution in [2.75, 3.05) is 17.7 Å². The first-order valence-electron chi connectivity index (χ1n) is 9.21. The Labute approximate surface area is 179 Å². The molecule has 3 aromatic rings. The summed E-state index contributed by atoms with van der Waals surface area (Å²) in [6.45, 7) is 1.74. The van der Waals surface area contributed by atoms with Crippen LogP contribution >= 0.6 is 0 Å². The highest BCUT2D eigenvalue weighted by Gasteiger charge is 2.34. The fourth-order valence-corrected chi connectivity index (χ4v) is 2.75. The van der Waals surface area contributed by atoms with Crippen LogP contribution in [-0.4, -0.2) is 24.0 Å². The molecule has 168 valence electrons. The van der Waals surface area contributed by atoms with Crippen LogP contribution in [0.2, 0.25) is 0 Å². The largest absolute Gasteiger partial charge is 0.455 e. The van der Waals surface area contributed by atoms with E-state index in [1.165, 1.54) is 19.2 Å². The lowest BCUT2D eigenvalue weighted by atomic mass is 10.2. The number of benzene rings is 2. The molecule has 0 aliphatic heterocycles. The van der Waals surface area contributed by atoms with E-state index in [1.54, 1.807) is 25.1 Å². The standard InChI is InChI=1S/C21H18F4N4O3/c1-11-18(10-17(27-11)19(30)26-2)32-14-6-3-12(4-7-14)28-20(31)29-13-5-8-16(22)15(9-13)21(23,24)25/h3-10,27H,1-2H3,(H,26,30)(H2,28,29,31). The van der Waals surface area contributed by atoms with Crippen LogP contribution in [0.1, 0.15) is 21.7 Å². The van der Waals surface area contributed by atoms with Crippen molar-refractivity contribution < 1.29 is 31.9 Å². The van der Waals surface area contributed by atoms with E-state index >= 15 is 0 Å². The quantitative estimate of drug-likeness (QED) is 0.399. The third-order valence-electron chi connectivity index (χ3n) is 4.31. The van der Waals surface area contributed by atoms with Gasteiger partial charge in [0, 0.05) is 24.5 Å². The fraction of sp³-hybridized carbons (Fsp3) is 0.143. The van der Waals surface area contributed by atoms with Crippen molar-refractivity contribution in [3.8, 4) is 11.5 Å². The van der Waals surface area contributed by atoms with Gasteiger partial charge in [-0.05, 0) is 49.4 Å². The zero-order valence-electron chi connectivity index (χ0n) is 16.9. The number of carbonyl (C=O) groups is 2. The minimum Gasteiger partial charge on any atom is -0.455 e. The fourth-order valence-electron chi connectivity index (χ4n) is 2.75. The summed E-state index contributed by atoms with van der Waals surface area (Å²) in [7, 11) is 1.51. The van der Waals surface area contributed by atoms with E-state index in [0.29, 0.717) is 40.7 Å². The molecule has 7 nitrogen and oxygen atoms in total. The molecule has 0 spiro atoms. The van der Waals surface area contributed by atoms with Crippen molar-refractivity contribution in [3.05, 3.63) is 71.3 Å². The molecule has 0 fully saturated rings. The number of alkyl halides is 3. The molecule has 0 unspecified atom stereocenters. The molecule has 0 radical (unpaired) electrons. The summed E-state index contributed by atoms with van der Waals surface area (Å²) in [5, 5.41) is 7.17. The third kappa shape index (κ3) is 5.36. The molecule has 1 heterocycles. The number of rotatable bonds is 5. The number of nitrogens with one attached hydrogen (secondary N) is 4. The molecule has 2 aromatic carbocycles. The van der Waals surface area contributed by atoms with Gasteiger partial charge in [0.1, 0.15) is 23.0 Å². The molecule has 3 rings (SSSR count). The summed E-state index contributed by atoms with van der Waals surface area (Å²) in [5.74, 6) is -0.857. The van der Waals surface area contributed by atoms with Gasteiger partial charge in [-0.2, -0.15) is 13.2 Å². The van der Waals surface area contributed by atoms with E-state index in [-0.39, 0.29) is 11.6 Å². The highest BCUT2D eigenvalue weighted by Crippen LogP contribution is 2.33. The minimum atomic E-state index is -4.88. The molecule has 0 aliphatic carbocycles. The van der Waals surface area contributed by atoms with Crippen molar-refractivity contribution >= 4 is 23.3 Å². The van der Waals surface area contributed by atoms with Crippen LogP contribution in [0.25, 0.3) is 0 Å². The maximum atomic E-state index is 13.3. The topological polar surface area (TPSA) is 95.2 Å². The number of amides is 3. The Kier molecular flexibility index (Phi) is 6.37. The lowest BCUT2D eigenvalue weighted by Gasteiger charge is -2.12. The van der Waals surface area contributed by atoms with Gasteiger partial charge in [0.25, 0.3) is 5.91 Å². The average molecular weight is 450 g/mol. The van der Waals surface area contributed by atoms with Crippen molar-refractivity contribution in [1.82, 2.24) is 10.3 Å². The van der Waals surface area contributed by atoms with Gasteiger partial charge in [-0.25, -0.2) is 9.18 Å². The Bertz CT molecular complexity index is 1140. The molecule has 0 saturated carbocycles. The normalized spacial score (nSPS) is 11.1. The molecule has 3 amide bonds. The van der Waals surface area contributed by atoms with Crippen LogP contribution in [0.4, 0.5) is 33.7 Å². The molecule has 0 saturated heterocycles. The Hall–Kier alpha value is -4.02. The number of ether oxygens (including phenoxy) is 1. The maximum absolute atomic E-state index is 13.3. The Morgan fingerprint density at radius 1 is 0.969 bits per heavy atom. The second-order valence-electron chi connectivity index (χ2n) is 6.65. The van der Waals surface area contributed by atoms with Crippen molar-refractivity contribution in [1.29, 1.82) is 0 Å². The number of aromatic nitrogens is 1. The molecule has 1 aromatic heterocycles. The molecule has 0 bridgehead atoms. The first-order valence-corrected chi connectivity index (χ1v) is 9.21. The number of aromatic amines is 1. The van der Waals surface area contributed by atoms with Gasteiger partial charge in [-0.3, -0.25) is 4.79 Å². The monoisotopic (exact) mass is 450 g/mol. The molecular weight excluding hydrogens is 432 g/mol. The van der Waals surface area contributed by atoms with Gasteiger partial charge < -0.3 is 25.7 Å². The average Bonchev–Trinajstić information content (AvgIpc) is 3.09. The van der Waals surface area contributed by atoms with Crippen molar-refractivity contribution in [3.63, 3.8) is 0 Å². The van der Waals surface area contributed by atoms with Crippen LogP contribution < -0.4 is 20.7 Å². The Balaban J connectivity index is 1.63. The predicted molar refractivity (Wildman–Crippen MR) is 109 cm³/mol. The highest BCUT2D eigenvalue weighted by atomic mass is 19.4. The van der Waals surface area contributed by atoms with E-state index in [0.717, 1.165) is 6.07 Å². The maximum Gasteiger partial charge on any atom is 0.419 e. The first-order chi connectivity index (χ1) is 15.1. The highest BCUT2D eigenvalue weighted by molar-refractivity contribution is 5.99. The lowest BCUT2D eigenvalue weighted by molar-refractivity contribution is -0.139. The Morgan fingerprint density at radius 3 is 2.22 bits per heavy atom. The van der Waals surface area contributed by atoms with E-state index in [9.17, 15) is 27.2 Å². The molecule has 11 heteroatoms. The first kappa shape index (κ1) is 22.7. The number of hydrogen-bond acceptors (Lipinski definition) is 3. The second-order valence-corrected chi connectivity index (χ2v) is 6.65. The molecule has 4 N–H and O–H groups in total. The van der Waals surface area contributed by atoms with E-state index in [4.69, 9.17) is 4.74 Å². The van der Waals surface area contributed by atoms with E-state index in [2.05, 4.69) is 20.9 Å². The smallest absolute Gasteiger partial charge is 0.419 e. The van der Waals surface area contributed by atoms with Gasteiger partial charge in [-0.15, -0.1) is 0 Å². The number of carbonyl (C=O) groups excluding carboxylic acids is 2. The van der Waals surface area contributed by atoms with Gasteiger partial charge in [0.2, 0.25) is 0 Å². The number of anilines is 2. The summed E-state index contributed by atoms with van der Waals surface area (Å²) < 4.78 is 57.4. The van der Waals surface area contributed by atoms with Crippen LogP contribution in [0.15, 0.2) is 48.5 Å². The predicted octanol–water partition coefficient (Wildman–Crippen LogP) is 5.28. The summed E-state index contributed by atoms with van der Waals surface area (Å²) in [4.78, 5) is 26.6. The molecule has 0 aliphatic rings. The number of hydrogen-bond donors (Lipinski definition) is 4. The van der Waals surface area contributed by atoms with Crippen LogP contribution in [0.3, 0.4) is 0 Å². The summed E-state index contributed by atoms with van der Waals surface area (Å²) in [6.07, 6.45) is -4.88. The zero-order chi connectivity index (χ0) is 23.5. The SMILES string of the molecule is CNC(=O)c1cc(Oc2ccc(NC(=O)Nc3ccc(F)c(C(F)(F)F)c3)cc2)c(C)[nH]1. The Morgan fingerprint density at radius 2 is 1.59 bits per heavy atom. The zero-order valence-corrected chi connectivity index (χ0v) is 16.9. The number of urea groups is 1. The van der Waals surface area contributed by atoms with Crippen LogP contribution in [-0.2, 0) is 6.18 Å². The number of halogens is 4. The number of H-pyrrole nitrogens is 1. The van der Waals surface area contributed by atoms with Crippen LogP contribution in [0, 0.1) is 12.7 Å². The molecule has 0 atom stereocenters. The molecular formula is C21H18F4N4O3. The second kappa shape index (κ2) is 9.00. The van der Waals surface area contributed by atoms with Crippen molar-refractivity contribution in [2.24, 2.45) is 0 Å². The summed E-state index contributed by atoms with van der Waals surface area (Å²) >= 11 is 0. The van der Waals surface area contributed by atoms with Gasteiger partial charge in [-0.1, -0.05) is 0 Å². The number of aryl methyl sites for hydroxylation is 1. The van der Waals surface area contributed by atoms with E-state index in [1.807, 2.05) is 0 Å². The van der Waals surface area contributed by atoms with Crippen molar-refractivity contribution in [2.45, 2.75) is 13.1 Å². The van der Waals surface area contributed by atoms with E-state index < -0.39 is 23.6 Å². The van der Waals surface area contributed by atoms with Gasteiger partial charge >= 0.3 is 12.2 Å². The third-order valence-corrected chi connectivity index (χ3v) is 4.31. The van der Waals surface area contributed by atoms with Crippen LogP contribution in [0.5, 0.6) is 11.5 Å². The summed E-state index contributed by atoms with van der Waals surface area (Å²) in [5.41, 5.74) is -0.376. The molecule has 32 heavy (non-hydrogen) atoms. The lowest BCUT2D eigenvalue weighted by Crippen LogP contribution is -2.20. The minimum absolute atomic E-state index is 0.217. The summed E-state index contributed by atoms with van der Waals surface area (Å²) in [6, 6.07) is 9.04. The van der Waals surface area contributed by atoms with Gasteiger partial charge in [0.15, 0.2) is 0 Å². The van der Waals surface area contributed by atoms with Gasteiger partial charge in [0.05, 0.1) is 11.3 Å².